The molecule has 0 bridgehead atoms. The van der Waals surface area contributed by atoms with Crippen molar-refractivity contribution in [1.82, 2.24) is 15.1 Å². The fourth-order valence-corrected chi connectivity index (χ4v) is 7.28. The maximum Gasteiger partial charge on any atom is 0.222 e. The molecule has 1 heterocycles. The molecule has 0 aromatic heterocycles. The Hall–Kier alpha value is -2.27. The third-order valence-corrected chi connectivity index (χ3v) is 10.0. The second-order valence-electron chi connectivity index (χ2n) is 13.5. The molecule has 0 aliphatic carbocycles. The summed E-state index contributed by atoms with van der Waals surface area (Å²) in [5, 5.41) is 14.5. The fraction of sp³-hybridized carbons (Fsp3) is 0.703. The van der Waals surface area contributed by atoms with Gasteiger partial charge in [-0.2, -0.15) is 0 Å². The highest BCUT2D eigenvalue weighted by atomic mass is 16.3. The summed E-state index contributed by atoms with van der Waals surface area (Å²) >= 11 is 0. The number of hydrogen-bond acceptors (Lipinski definition) is 4. The number of rotatable bonds is 18. The third-order valence-electron chi connectivity index (χ3n) is 10.0. The number of nitrogens with zero attached hydrogens (tertiary/aromatic N) is 2. The minimum Gasteiger partial charge on any atom is -0.386 e. The number of aliphatic hydroxyl groups excluding tert-OH is 1. The van der Waals surface area contributed by atoms with Gasteiger partial charge in [0.05, 0.1) is 12.1 Å². The molecule has 1 fully saturated rings. The summed E-state index contributed by atoms with van der Waals surface area (Å²) in [5.74, 6) is 2.13. The van der Waals surface area contributed by atoms with Gasteiger partial charge in [-0.1, -0.05) is 111 Å². The molecular formula is C37H63N3O2. The number of benzene rings is 1. The number of carbonyl (C=O) groups is 1. The molecule has 1 aliphatic heterocycles. The van der Waals surface area contributed by atoms with Gasteiger partial charge >= 0.3 is 0 Å². The largest absolute Gasteiger partial charge is 0.386 e. The molecular weight excluding hydrogens is 518 g/mol. The molecule has 5 heteroatoms. The van der Waals surface area contributed by atoms with Crippen LogP contribution in [0, 0.1) is 29.6 Å². The highest BCUT2D eigenvalue weighted by molar-refractivity contribution is 5.76. The van der Waals surface area contributed by atoms with E-state index in [4.69, 9.17) is 0 Å². The van der Waals surface area contributed by atoms with E-state index in [2.05, 4.69) is 76.7 Å². The molecule has 2 rings (SSSR count). The lowest BCUT2D eigenvalue weighted by atomic mass is 9.80. The van der Waals surface area contributed by atoms with Crippen molar-refractivity contribution in [3.8, 4) is 0 Å². The van der Waals surface area contributed by atoms with Crippen LogP contribution in [0.25, 0.3) is 0 Å². The van der Waals surface area contributed by atoms with Gasteiger partial charge in [0.1, 0.15) is 0 Å². The molecule has 238 valence electrons. The predicted octanol–water partition coefficient (Wildman–Crippen LogP) is 8.19. The Morgan fingerprint density at radius 1 is 1.02 bits per heavy atom. The van der Waals surface area contributed by atoms with Crippen LogP contribution in [0.5, 0.6) is 0 Å². The monoisotopic (exact) mass is 581 g/mol. The van der Waals surface area contributed by atoms with E-state index >= 15 is 0 Å². The lowest BCUT2D eigenvalue weighted by molar-refractivity contribution is -0.135. The maximum atomic E-state index is 13.2. The Kier molecular flexibility index (Phi) is 14.7. The van der Waals surface area contributed by atoms with Gasteiger partial charge in [0, 0.05) is 43.5 Å². The smallest absolute Gasteiger partial charge is 0.222 e. The lowest BCUT2D eigenvalue weighted by Crippen LogP contribution is -2.47. The molecule has 0 spiro atoms. The standard InChI is InChI=1S/C37H63N3O2/c1-12-26(6)36(39(11)35(41)23-25(4)5)31(13-2)24-27(7)40-22-18-21-34(40)33(14-3)28(8)29(9)38-30(10)37(42)32-19-16-15-17-20-32/h15-17,19-20,25-26,28,30-31,33-34,36-38,42H,7,9,12-14,18,21-24H2,1-6,8,10-11H3. The van der Waals surface area contributed by atoms with Gasteiger partial charge in [-0.15, -0.1) is 0 Å². The van der Waals surface area contributed by atoms with Crippen LogP contribution in [0.15, 0.2) is 54.9 Å². The summed E-state index contributed by atoms with van der Waals surface area (Å²) in [7, 11) is 2.02. The molecule has 1 saturated heterocycles. The van der Waals surface area contributed by atoms with E-state index in [-0.39, 0.29) is 23.9 Å². The van der Waals surface area contributed by atoms with Crippen LogP contribution in [-0.2, 0) is 4.79 Å². The lowest BCUT2D eigenvalue weighted by Gasteiger charge is -2.42. The number of allylic oxidation sites excluding steroid dienone is 2. The van der Waals surface area contributed by atoms with Crippen molar-refractivity contribution in [2.45, 2.75) is 125 Å². The zero-order chi connectivity index (χ0) is 31.6. The van der Waals surface area contributed by atoms with E-state index < -0.39 is 6.10 Å². The minimum atomic E-state index is -0.590. The Bertz CT molecular complexity index is 976. The van der Waals surface area contributed by atoms with Crippen molar-refractivity contribution in [1.29, 1.82) is 0 Å². The summed E-state index contributed by atoms with van der Waals surface area (Å²) in [6, 6.07) is 10.4. The van der Waals surface area contributed by atoms with Crippen molar-refractivity contribution in [2.24, 2.45) is 29.6 Å². The molecule has 0 radical (unpaired) electrons. The first-order valence-corrected chi connectivity index (χ1v) is 16.8. The second kappa shape index (κ2) is 17.1. The molecule has 1 aromatic carbocycles. The quantitative estimate of drug-likeness (QED) is 0.184. The summed E-state index contributed by atoms with van der Waals surface area (Å²) < 4.78 is 0. The van der Waals surface area contributed by atoms with Gasteiger partial charge in [0.2, 0.25) is 5.91 Å². The maximum absolute atomic E-state index is 13.2. The molecule has 42 heavy (non-hydrogen) atoms. The van der Waals surface area contributed by atoms with Gasteiger partial charge in [-0.3, -0.25) is 4.79 Å². The number of hydrogen-bond donors (Lipinski definition) is 2. The van der Waals surface area contributed by atoms with Crippen LogP contribution >= 0.6 is 0 Å². The van der Waals surface area contributed by atoms with Crippen molar-refractivity contribution in [2.75, 3.05) is 13.6 Å². The normalized spacial score (nSPS) is 20.4. The molecule has 8 atom stereocenters. The Morgan fingerprint density at radius 3 is 2.21 bits per heavy atom. The number of amides is 1. The Morgan fingerprint density at radius 2 is 1.67 bits per heavy atom. The number of aliphatic hydroxyl groups is 1. The van der Waals surface area contributed by atoms with E-state index in [0.29, 0.717) is 36.1 Å². The highest BCUT2D eigenvalue weighted by Gasteiger charge is 2.38. The molecule has 8 unspecified atom stereocenters. The summed E-state index contributed by atoms with van der Waals surface area (Å²) in [6.45, 7) is 27.8. The van der Waals surface area contributed by atoms with Crippen molar-refractivity contribution >= 4 is 5.91 Å². The van der Waals surface area contributed by atoms with E-state index in [1.54, 1.807) is 0 Å². The predicted molar refractivity (Wildman–Crippen MR) is 179 cm³/mol. The topological polar surface area (TPSA) is 55.8 Å². The average Bonchev–Trinajstić information content (AvgIpc) is 3.46. The Balaban J connectivity index is 2.15. The third kappa shape index (κ3) is 9.36. The fourth-order valence-electron chi connectivity index (χ4n) is 7.28. The molecule has 1 aliphatic rings. The summed E-state index contributed by atoms with van der Waals surface area (Å²) in [4.78, 5) is 17.8. The zero-order valence-corrected chi connectivity index (χ0v) is 28.4. The van der Waals surface area contributed by atoms with Crippen molar-refractivity contribution in [3.63, 3.8) is 0 Å². The van der Waals surface area contributed by atoms with Crippen molar-refractivity contribution < 1.29 is 9.90 Å². The van der Waals surface area contributed by atoms with E-state index in [1.165, 1.54) is 12.1 Å². The first kappa shape index (κ1) is 35.9. The van der Waals surface area contributed by atoms with Gasteiger partial charge in [-0.05, 0) is 61.3 Å². The van der Waals surface area contributed by atoms with E-state index in [0.717, 1.165) is 49.9 Å². The highest BCUT2D eigenvalue weighted by Crippen LogP contribution is 2.38. The van der Waals surface area contributed by atoms with E-state index in [1.807, 2.05) is 44.3 Å². The molecule has 0 saturated carbocycles. The molecule has 2 N–H and O–H groups in total. The van der Waals surface area contributed by atoms with Crippen LogP contribution < -0.4 is 5.32 Å². The SMILES string of the molecule is C=C(NC(C)C(O)c1ccccc1)C(C)C(CC)C1CCCN1C(=C)CC(CC)C(C(C)CC)N(C)C(=O)CC(C)C. The molecule has 5 nitrogen and oxygen atoms in total. The van der Waals surface area contributed by atoms with Crippen LogP contribution in [0.4, 0.5) is 0 Å². The van der Waals surface area contributed by atoms with Crippen LogP contribution in [-0.4, -0.2) is 52.5 Å². The van der Waals surface area contributed by atoms with Gasteiger partial charge < -0.3 is 20.2 Å². The molecule has 1 aromatic rings. The zero-order valence-electron chi connectivity index (χ0n) is 28.4. The van der Waals surface area contributed by atoms with E-state index in [9.17, 15) is 9.90 Å². The van der Waals surface area contributed by atoms with Gasteiger partial charge in [0.25, 0.3) is 0 Å². The average molecular weight is 582 g/mol. The van der Waals surface area contributed by atoms with Crippen LogP contribution in [0.1, 0.15) is 112 Å². The minimum absolute atomic E-state index is 0.132. The number of carbonyl (C=O) groups excluding carboxylic acids is 1. The van der Waals surface area contributed by atoms with Crippen molar-refractivity contribution in [3.05, 3.63) is 60.4 Å². The summed E-state index contributed by atoms with van der Waals surface area (Å²) in [6.07, 6.45) is 6.42. The number of nitrogens with one attached hydrogen (secondary N) is 1. The van der Waals surface area contributed by atoms with Gasteiger partial charge in [0.15, 0.2) is 0 Å². The first-order chi connectivity index (χ1) is 19.9. The van der Waals surface area contributed by atoms with Crippen LogP contribution in [0.3, 0.4) is 0 Å². The second-order valence-corrected chi connectivity index (χ2v) is 13.5. The Labute approximate surface area is 258 Å². The summed E-state index contributed by atoms with van der Waals surface area (Å²) in [5.41, 5.74) is 3.13. The number of likely N-dealkylation sites (tertiary alicyclic amines) is 1. The van der Waals surface area contributed by atoms with Crippen LogP contribution in [0.2, 0.25) is 0 Å². The first-order valence-electron chi connectivity index (χ1n) is 16.8. The molecule has 1 amide bonds. The van der Waals surface area contributed by atoms with Gasteiger partial charge in [-0.25, -0.2) is 0 Å².